The highest BCUT2D eigenvalue weighted by Gasteiger charge is 2.33. The average Bonchev–Trinajstić information content (AvgIpc) is 2.54. The second-order valence-electron chi connectivity index (χ2n) is 6.56. The second-order valence-corrected chi connectivity index (χ2v) is 6.56. The Hall–Kier alpha value is -1.88. The van der Waals surface area contributed by atoms with E-state index in [0.717, 1.165) is 12.0 Å². The summed E-state index contributed by atoms with van der Waals surface area (Å²) in [5.41, 5.74) is 2.65. The quantitative estimate of drug-likeness (QED) is 0.718. The highest BCUT2D eigenvalue weighted by molar-refractivity contribution is 5.83. The lowest BCUT2D eigenvalue weighted by Gasteiger charge is -2.27. The number of aryl methyl sites for hydroxylation is 2. The Labute approximate surface area is 145 Å². The van der Waals surface area contributed by atoms with Crippen molar-refractivity contribution in [2.45, 2.75) is 59.0 Å². The predicted molar refractivity (Wildman–Crippen MR) is 95.8 cm³/mol. The number of carbonyl (C=O) groups excluding carboxylic acids is 2. The van der Waals surface area contributed by atoms with Gasteiger partial charge in [-0.1, -0.05) is 31.5 Å². The zero-order valence-electron chi connectivity index (χ0n) is 15.7. The predicted octanol–water partition coefficient (Wildman–Crippen LogP) is 2.80. The molecule has 0 unspecified atom stereocenters. The van der Waals surface area contributed by atoms with Crippen LogP contribution in [0, 0.1) is 13.8 Å². The summed E-state index contributed by atoms with van der Waals surface area (Å²) < 4.78 is 4.84. The summed E-state index contributed by atoms with van der Waals surface area (Å²) in [6.07, 6.45) is 1.43. The van der Waals surface area contributed by atoms with Crippen molar-refractivity contribution in [2.75, 3.05) is 13.7 Å². The minimum Gasteiger partial charge on any atom is -0.468 e. The molecule has 2 atom stereocenters. The van der Waals surface area contributed by atoms with E-state index in [0.29, 0.717) is 6.42 Å². The van der Waals surface area contributed by atoms with E-state index in [1.807, 2.05) is 19.9 Å². The molecule has 0 saturated carbocycles. The monoisotopic (exact) mass is 334 g/mol. The van der Waals surface area contributed by atoms with Crippen LogP contribution >= 0.6 is 0 Å². The molecule has 0 spiro atoms. The normalized spacial score (nSPS) is 14.6. The first-order chi connectivity index (χ1) is 11.2. The largest absolute Gasteiger partial charge is 0.468 e. The van der Waals surface area contributed by atoms with Gasteiger partial charge >= 0.3 is 5.97 Å². The molecule has 5 nitrogen and oxygen atoms in total. The molecule has 0 aliphatic heterocycles. The van der Waals surface area contributed by atoms with Crippen molar-refractivity contribution in [1.82, 2.24) is 10.6 Å². The minimum atomic E-state index is -0.843. The summed E-state index contributed by atoms with van der Waals surface area (Å²) >= 11 is 0. The van der Waals surface area contributed by atoms with Gasteiger partial charge in [-0.15, -0.1) is 0 Å². The number of hydrogen-bond donors (Lipinski definition) is 2. The summed E-state index contributed by atoms with van der Waals surface area (Å²) in [7, 11) is 1.36. The van der Waals surface area contributed by atoms with E-state index >= 15 is 0 Å². The number of hydrogen-bond acceptors (Lipinski definition) is 4. The number of carbonyl (C=O) groups is 2. The summed E-state index contributed by atoms with van der Waals surface area (Å²) in [6.45, 7) is 9.90. The van der Waals surface area contributed by atoms with Crippen LogP contribution in [0.25, 0.3) is 0 Å². The standard InChI is InChI=1S/C19H30N2O3/c1-7-10-19(5,18(23)24-6)20-12-17(22)21-15(4)16-9-8-13(2)14(3)11-16/h8-9,11,15,20H,7,10,12H2,1-6H3,(H,21,22)/t15-,19+/m1/s1. The van der Waals surface area contributed by atoms with Gasteiger partial charge in [0.25, 0.3) is 0 Å². The molecule has 5 heteroatoms. The number of methoxy groups -OCH3 is 1. The molecule has 2 N–H and O–H groups in total. The van der Waals surface area contributed by atoms with Gasteiger partial charge in [-0.3, -0.25) is 14.9 Å². The van der Waals surface area contributed by atoms with E-state index in [9.17, 15) is 9.59 Å². The first kappa shape index (κ1) is 20.2. The third-order valence-electron chi connectivity index (χ3n) is 4.43. The Kier molecular flexibility index (Phi) is 7.42. The molecule has 0 aromatic heterocycles. The number of ether oxygens (including phenoxy) is 1. The maximum atomic E-state index is 12.2. The fourth-order valence-corrected chi connectivity index (χ4v) is 2.67. The van der Waals surface area contributed by atoms with Crippen molar-refractivity contribution < 1.29 is 14.3 Å². The lowest BCUT2D eigenvalue weighted by atomic mass is 9.96. The summed E-state index contributed by atoms with van der Waals surface area (Å²) in [5, 5.41) is 6.00. The number of rotatable bonds is 8. The number of amides is 1. The van der Waals surface area contributed by atoms with Gasteiger partial charge in [0, 0.05) is 0 Å². The Morgan fingerprint density at radius 3 is 2.46 bits per heavy atom. The van der Waals surface area contributed by atoms with Gasteiger partial charge in [0.05, 0.1) is 19.7 Å². The van der Waals surface area contributed by atoms with Crippen LogP contribution in [0.3, 0.4) is 0 Å². The fourth-order valence-electron chi connectivity index (χ4n) is 2.67. The van der Waals surface area contributed by atoms with Crippen molar-refractivity contribution in [2.24, 2.45) is 0 Å². The highest BCUT2D eigenvalue weighted by atomic mass is 16.5. The van der Waals surface area contributed by atoms with Crippen LogP contribution in [0.15, 0.2) is 18.2 Å². The van der Waals surface area contributed by atoms with Crippen molar-refractivity contribution in [3.8, 4) is 0 Å². The Bertz CT molecular complexity index is 586. The van der Waals surface area contributed by atoms with Crippen LogP contribution in [0.4, 0.5) is 0 Å². The lowest BCUT2D eigenvalue weighted by molar-refractivity contribution is -0.148. The molecule has 24 heavy (non-hydrogen) atoms. The molecule has 134 valence electrons. The number of esters is 1. The van der Waals surface area contributed by atoms with Gasteiger partial charge < -0.3 is 10.1 Å². The van der Waals surface area contributed by atoms with Crippen LogP contribution in [0.5, 0.6) is 0 Å². The summed E-state index contributed by atoms with van der Waals surface area (Å²) in [4.78, 5) is 24.1. The number of benzene rings is 1. The molecular formula is C19H30N2O3. The van der Waals surface area contributed by atoms with E-state index in [4.69, 9.17) is 4.74 Å². The fraction of sp³-hybridized carbons (Fsp3) is 0.579. The van der Waals surface area contributed by atoms with Gasteiger partial charge in [0.15, 0.2) is 0 Å². The summed E-state index contributed by atoms with van der Waals surface area (Å²) in [6, 6.07) is 6.08. The molecule has 1 aromatic rings. The maximum absolute atomic E-state index is 12.2. The number of nitrogens with one attached hydrogen (secondary N) is 2. The molecule has 0 heterocycles. The third kappa shape index (κ3) is 5.34. The Morgan fingerprint density at radius 1 is 1.25 bits per heavy atom. The molecule has 0 radical (unpaired) electrons. The van der Waals surface area contributed by atoms with Gasteiger partial charge in [-0.2, -0.15) is 0 Å². The lowest BCUT2D eigenvalue weighted by Crippen LogP contribution is -2.53. The summed E-state index contributed by atoms with van der Waals surface area (Å²) in [5.74, 6) is -0.494. The molecular weight excluding hydrogens is 304 g/mol. The molecule has 1 amide bonds. The van der Waals surface area contributed by atoms with Crippen molar-refractivity contribution >= 4 is 11.9 Å². The van der Waals surface area contributed by atoms with Crippen LogP contribution < -0.4 is 10.6 Å². The molecule has 0 aliphatic rings. The zero-order chi connectivity index (χ0) is 18.3. The molecule has 0 bridgehead atoms. The van der Waals surface area contributed by atoms with Crippen molar-refractivity contribution in [3.63, 3.8) is 0 Å². The molecule has 0 fully saturated rings. The minimum absolute atomic E-state index is 0.0702. The van der Waals surface area contributed by atoms with Crippen LogP contribution in [0.1, 0.15) is 56.3 Å². The highest BCUT2D eigenvalue weighted by Crippen LogP contribution is 2.17. The van der Waals surface area contributed by atoms with Crippen molar-refractivity contribution in [3.05, 3.63) is 34.9 Å². The van der Waals surface area contributed by atoms with E-state index in [1.165, 1.54) is 18.2 Å². The average molecular weight is 334 g/mol. The molecule has 1 rings (SSSR count). The van der Waals surface area contributed by atoms with Crippen LogP contribution in [-0.4, -0.2) is 31.1 Å². The SMILES string of the molecule is CCC[C@](C)(NCC(=O)N[C@H](C)c1ccc(C)c(C)c1)C(=O)OC. The van der Waals surface area contributed by atoms with E-state index in [-0.39, 0.29) is 24.5 Å². The molecule has 0 saturated heterocycles. The first-order valence-electron chi connectivity index (χ1n) is 8.43. The van der Waals surface area contributed by atoms with E-state index < -0.39 is 5.54 Å². The van der Waals surface area contributed by atoms with Gasteiger partial charge in [-0.25, -0.2) is 0 Å². The van der Waals surface area contributed by atoms with Crippen molar-refractivity contribution in [1.29, 1.82) is 0 Å². The van der Waals surface area contributed by atoms with Gasteiger partial charge in [-0.05, 0) is 50.8 Å². The topological polar surface area (TPSA) is 67.4 Å². The smallest absolute Gasteiger partial charge is 0.325 e. The zero-order valence-corrected chi connectivity index (χ0v) is 15.7. The van der Waals surface area contributed by atoms with Crippen LogP contribution in [-0.2, 0) is 14.3 Å². The van der Waals surface area contributed by atoms with Gasteiger partial charge in [0.1, 0.15) is 5.54 Å². The van der Waals surface area contributed by atoms with E-state index in [1.54, 1.807) is 6.92 Å². The van der Waals surface area contributed by atoms with E-state index in [2.05, 4.69) is 36.6 Å². The molecule has 0 aliphatic carbocycles. The van der Waals surface area contributed by atoms with Gasteiger partial charge in [0.2, 0.25) is 5.91 Å². The Balaban J connectivity index is 2.64. The molecule has 1 aromatic carbocycles. The third-order valence-corrected chi connectivity index (χ3v) is 4.43. The second kappa shape index (κ2) is 8.83. The van der Waals surface area contributed by atoms with Crippen LogP contribution in [0.2, 0.25) is 0 Å². The maximum Gasteiger partial charge on any atom is 0.325 e. The Morgan fingerprint density at radius 2 is 1.92 bits per heavy atom. The first-order valence-corrected chi connectivity index (χ1v) is 8.43.